The molecular formula is C23H26N3O3S+. The van der Waals surface area contributed by atoms with Crippen LogP contribution in [0.5, 0.6) is 11.5 Å². The minimum atomic E-state index is -0.130. The third-order valence-corrected chi connectivity index (χ3v) is 5.35. The number of likely N-dealkylation sites (N-methyl/N-ethyl adjacent to an activating group) is 1. The van der Waals surface area contributed by atoms with Crippen molar-refractivity contribution >= 4 is 28.8 Å². The third-order valence-electron chi connectivity index (χ3n) is 4.48. The summed E-state index contributed by atoms with van der Waals surface area (Å²) >= 11 is 1.61. The first kappa shape index (κ1) is 21.5. The van der Waals surface area contributed by atoms with Crippen molar-refractivity contribution in [3.8, 4) is 11.5 Å². The number of carbonyl (C=O) groups excluding carboxylic acids is 2. The molecule has 0 saturated heterocycles. The molecule has 1 heterocycles. The summed E-state index contributed by atoms with van der Waals surface area (Å²) < 4.78 is 5.75. The molecule has 3 rings (SSSR count). The van der Waals surface area contributed by atoms with Gasteiger partial charge in [-0.3, -0.25) is 9.59 Å². The van der Waals surface area contributed by atoms with Crippen molar-refractivity contribution < 1.29 is 19.2 Å². The third kappa shape index (κ3) is 7.02. The van der Waals surface area contributed by atoms with E-state index in [0.717, 1.165) is 15.5 Å². The highest BCUT2D eigenvalue weighted by Crippen LogP contribution is 2.22. The Morgan fingerprint density at radius 3 is 2.27 bits per heavy atom. The molecule has 1 aromatic heterocycles. The van der Waals surface area contributed by atoms with Crippen LogP contribution in [0.25, 0.3) is 0 Å². The molecule has 0 spiro atoms. The SMILES string of the molecule is CC[NH+](CC(=O)NCc1cccs1)CC(=O)Nc1ccc(Oc2ccccc2)cc1. The zero-order chi connectivity index (χ0) is 21.2. The molecule has 2 aromatic carbocycles. The molecule has 0 aliphatic rings. The predicted molar refractivity (Wildman–Crippen MR) is 119 cm³/mol. The first-order chi connectivity index (χ1) is 14.6. The maximum Gasteiger partial charge on any atom is 0.279 e. The lowest BCUT2D eigenvalue weighted by Gasteiger charge is -2.17. The van der Waals surface area contributed by atoms with E-state index in [1.165, 1.54) is 0 Å². The number of para-hydroxylation sites is 1. The van der Waals surface area contributed by atoms with Gasteiger partial charge >= 0.3 is 0 Å². The summed E-state index contributed by atoms with van der Waals surface area (Å²) in [6.45, 7) is 3.66. The van der Waals surface area contributed by atoms with E-state index in [-0.39, 0.29) is 24.9 Å². The van der Waals surface area contributed by atoms with E-state index >= 15 is 0 Å². The Kier molecular flexibility index (Phi) is 8.00. The summed E-state index contributed by atoms with van der Waals surface area (Å²) in [6, 6.07) is 20.7. The summed E-state index contributed by atoms with van der Waals surface area (Å²) in [5.74, 6) is 1.27. The van der Waals surface area contributed by atoms with Crippen molar-refractivity contribution in [2.75, 3.05) is 25.0 Å². The normalized spacial score (nSPS) is 11.5. The van der Waals surface area contributed by atoms with Crippen molar-refractivity contribution in [1.82, 2.24) is 5.32 Å². The minimum Gasteiger partial charge on any atom is -0.457 e. The van der Waals surface area contributed by atoms with Gasteiger partial charge in [0.2, 0.25) is 0 Å². The lowest BCUT2D eigenvalue weighted by molar-refractivity contribution is -0.881. The van der Waals surface area contributed by atoms with Crippen LogP contribution >= 0.6 is 11.3 Å². The minimum absolute atomic E-state index is 0.0598. The Balaban J connectivity index is 1.44. The van der Waals surface area contributed by atoms with E-state index in [9.17, 15) is 9.59 Å². The summed E-state index contributed by atoms with van der Waals surface area (Å²) in [4.78, 5) is 26.6. The van der Waals surface area contributed by atoms with Gasteiger partial charge in [0.1, 0.15) is 11.5 Å². The van der Waals surface area contributed by atoms with Crippen LogP contribution in [0.1, 0.15) is 11.8 Å². The fraction of sp³-hybridized carbons (Fsp3) is 0.217. The molecular weight excluding hydrogens is 398 g/mol. The molecule has 1 atom stereocenters. The largest absolute Gasteiger partial charge is 0.457 e. The van der Waals surface area contributed by atoms with Crippen molar-refractivity contribution in [2.45, 2.75) is 13.5 Å². The number of carbonyl (C=O) groups is 2. The quantitative estimate of drug-likeness (QED) is 0.469. The number of amides is 2. The van der Waals surface area contributed by atoms with Gasteiger partial charge in [0, 0.05) is 10.6 Å². The highest BCUT2D eigenvalue weighted by atomic mass is 32.1. The molecule has 7 heteroatoms. The van der Waals surface area contributed by atoms with Gasteiger partial charge in [0.15, 0.2) is 13.1 Å². The van der Waals surface area contributed by atoms with Gasteiger partial charge in [-0.1, -0.05) is 24.3 Å². The van der Waals surface area contributed by atoms with Gasteiger partial charge in [-0.05, 0) is 54.8 Å². The molecule has 0 bridgehead atoms. The molecule has 0 saturated carbocycles. The number of ether oxygens (including phenoxy) is 1. The van der Waals surface area contributed by atoms with E-state index in [4.69, 9.17) is 4.74 Å². The van der Waals surface area contributed by atoms with E-state index in [1.807, 2.05) is 66.9 Å². The molecule has 0 aliphatic heterocycles. The Morgan fingerprint density at radius 1 is 0.900 bits per heavy atom. The Bertz CT molecular complexity index is 928. The van der Waals surface area contributed by atoms with Crippen molar-refractivity contribution in [3.05, 3.63) is 77.0 Å². The van der Waals surface area contributed by atoms with Gasteiger partial charge in [0.05, 0.1) is 13.1 Å². The van der Waals surface area contributed by atoms with Gasteiger partial charge in [-0.25, -0.2) is 0 Å². The highest BCUT2D eigenvalue weighted by Gasteiger charge is 2.16. The van der Waals surface area contributed by atoms with Gasteiger partial charge in [-0.15, -0.1) is 11.3 Å². The summed E-state index contributed by atoms with van der Waals surface area (Å²) in [5.41, 5.74) is 0.693. The number of hydrogen-bond donors (Lipinski definition) is 3. The molecule has 1 unspecified atom stereocenters. The Hall–Kier alpha value is -3.16. The number of anilines is 1. The summed E-state index contributed by atoms with van der Waals surface area (Å²) in [6.07, 6.45) is 0. The number of quaternary nitrogens is 1. The van der Waals surface area contributed by atoms with Crippen LogP contribution in [-0.4, -0.2) is 31.4 Å². The van der Waals surface area contributed by atoms with Crippen LogP contribution in [0, 0.1) is 0 Å². The van der Waals surface area contributed by atoms with Crippen molar-refractivity contribution in [1.29, 1.82) is 0 Å². The zero-order valence-corrected chi connectivity index (χ0v) is 17.7. The van der Waals surface area contributed by atoms with Gasteiger partial charge in [-0.2, -0.15) is 0 Å². The number of rotatable bonds is 10. The average Bonchev–Trinajstić information content (AvgIpc) is 3.28. The highest BCUT2D eigenvalue weighted by molar-refractivity contribution is 7.09. The second-order valence-electron chi connectivity index (χ2n) is 6.80. The Labute approximate surface area is 180 Å². The summed E-state index contributed by atoms with van der Waals surface area (Å²) in [5, 5.41) is 7.77. The summed E-state index contributed by atoms with van der Waals surface area (Å²) in [7, 11) is 0. The average molecular weight is 425 g/mol. The van der Waals surface area contributed by atoms with Crippen LogP contribution in [0.3, 0.4) is 0 Å². The fourth-order valence-electron chi connectivity index (χ4n) is 2.86. The van der Waals surface area contributed by atoms with E-state index in [0.29, 0.717) is 24.5 Å². The smallest absolute Gasteiger partial charge is 0.279 e. The number of hydrogen-bond acceptors (Lipinski definition) is 4. The molecule has 6 nitrogen and oxygen atoms in total. The molecule has 3 N–H and O–H groups in total. The fourth-order valence-corrected chi connectivity index (χ4v) is 3.51. The second-order valence-corrected chi connectivity index (χ2v) is 7.83. The lowest BCUT2D eigenvalue weighted by atomic mass is 10.3. The monoisotopic (exact) mass is 424 g/mol. The van der Waals surface area contributed by atoms with E-state index in [2.05, 4.69) is 10.6 Å². The van der Waals surface area contributed by atoms with Crippen molar-refractivity contribution in [3.63, 3.8) is 0 Å². The topological polar surface area (TPSA) is 71.9 Å². The molecule has 3 aromatic rings. The maximum absolute atomic E-state index is 12.4. The van der Waals surface area contributed by atoms with Crippen LogP contribution in [0.4, 0.5) is 5.69 Å². The Morgan fingerprint density at radius 2 is 1.60 bits per heavy atom. The van der Waals surface area contributed by atoms with Crippen LogP contribution in [0.15, 0.2) is 72.1 Å². The standard InChI is InChI=1S/C23H25N3O3S/c1-2-26(16-22(27)24-15-21-9-6-14-30-21)17-23(28)25-18-10-12-20(13-11-18)29-19-7-4-3-5-8-19/h3-14H,2,15-17H2,1H3,(H,24,27)(H,25,28)/p+1. The van der Waals surface area contributed by atoms with E-state index in [1.54, 1.807) is 23.5 Å². The van der Waals surface area contributed by atoms with Crippen LogP contribution < -0.4 is 20.3 Å². The predicted octanol–water partition coefficient (Wildman–Crippen LogP) is 2.70. The molecule has 0 radical (unpaired) electrons. The molecule has 0 fully saturated rings. The first-order valence-corrected chi connectivity index (χ1v) is 10.8. The lowest BCUT2D eigenvalue weighted by Crippen LogP contribution is -3.13. The maximum atomic E-state index is 12.4. The number of thiophene rings is 1. The van der Waals surface area contributed by atoms with Gasteiger partial charge < -0.3 is 20.3 Å². The molecule has 156 valence electrons. The van der Waals surface area contributed by atoms with Crippen molar-refractivity contribution in [2.24, 2.45) is 0 Å². The van der Waals surface area contributed by atoms with Crippen LogP contribution in [0.2, 0.25) is 0 Å². The number of benzene rings is 2. The van der Waals surface area contributed by atoms with Crippen LogP contribution in [-0.2, 0) is 16.1 Å². The molecule has 30 heavy (non-hydrogen) atoms. The van der Waals surface area contributed by atoms with Gasteiger partial charge in [0.25, 0.3) is 11.8 Å². The first-order valence-electron chi connectivity index (χ1n) is 9.88. The molecule has 0 aliphatic carbocycles. The van der Waals surface area contributed by atoms with E-state index < -0.39 is 0 Å². The second kappa shape index (κ2) is 11.1. The molecule has 2 amide bonds. The zero-order valence-electron chi connectivity index (χ0n) is 16.9. The number of nitrogens with one attached hydrogen (secondary N) is 3.